The van der Waals surface area contributed by atoms with E-state index in [1.165, 1.54) is 4.90 Å². The predicted molar refractivity (Wildman–Crippen MR) is 173 cm³/mol. The number of ether oxygens (including phenoxy) is 1. The first kappa shape index (κ1) is 28.9. The third-order valence-corrected chi connectivity index (χ3v) is 8.08. The number of nitrogens with zero attached hydrogens (tertiary/aromatic N) is 2. The van der Waals surface area contributed by atoms with Gasteiger partial charge in [0, 0.05) is 5.56 Å². The van der Waals surface area contributed by atoms with Crippen LogP contribution in [0.1, 0.15) is 60.2 Å². The molecule has 4 aromatic carbocycles. The summed E-state index contributed by atoms with van der Waals surface area (Å²) in [5, 5.41) is 11.7. The van der Waals surface area contributed by atoms with Crippen molar-refractivity contribution >= 4 is 34.4 Å². The second kappa shape index (κ2) is 11.2. The first-order valence-electron chi connectivity index (χ1n) is 14.7. The van der Waals surface area contributed by atoms with Gasteiger partial charge in [0.05, 0.1) is 22.6 Å². The highest BCUT2D eigenvalue weighted by molar-refractivity contribution is 6.51. The van der Waals surface area contributed by atoms with Gasteiger partial charge in [-0.2, -0.15) is 0 Å². The number of Topliss-reactive ketones (excluding diaryl/α,β-unsaturated/α-hetero) is 1. The fourth-order valence-electron chi connectivity index (χ4n) is 5.61. The normalized spacial score (nSPS) is 16.6. The Bertz CT molecular complexity index is 1910. The highest BCUT2D eigenvalue weighted by atomic mass is 16.5. The molecule has 1 saturated heterocycles. The second-order valence-electron chi connectivity index (χ2n) is 12.4. The van der Waals surface area contributed by atoms with Gasteiger partial charge in [-0.1, -0.05) is 81.4 Å². The third kappa shape index (κ3) is 5.37. The standard InChI is InChI=1S/C37H35N3O4/c1-22-11-17-28-29(19-22)39-36(38-28)40-32(25-12-15-27(16-13-25)37(3,4)5)31(34(42)35(40)43)33(41)26-14-18-30(23(2)20-26)44-21-24-9-7-6-8-10-24/h6-20,32,41H,21H2,1-5H3,(H,38,39)/b33-31+. The quantitative estimate of drug-likeness (QED) is 0.121. The van der Waals surface area contributed by atoms with E-state index in [0.717, 1.165) is 27.8 Å². The van der Waals surface area contributed by atoms with Crippen molar-refractivity contribution in [3.63, 3.8) is 0 Å². The van der Waals surface area contributed by atoms with E-state index in [0.29, 0.717) is 29.0 Å². The van der Waals surface area contributed by atoms with Crippen LogP contribution in [0.5, 0.6) is 5.75 Å². The molecule has 0 bridgehead atoms. The van der Waals surface area contributed by atoms with Crippen LogP contribution < -0.4 is 9.64 Å². The molecule has 7 heteroatoms. The minimum absolute atomic E-state index is 0.00694. The summed E-state index contributed by atoms with van der Waals surface area (Å²) in [5.41, 5.74) is 6.44. The van der Waals surface area contributed by atoms with E-state index in [4.69, 9.17) is 4.74 Å². The molecule has 0 saturated carbocycles. The minimum Gasteiger partial charge on any atom is -0.507 e. The van der Waals surface area contributed by atoms with E-state index in [2.05, 4.69) is 30.7 Å². The lowest BCUT2D eigenvalue weighted by atomic mass is 9.85. The summed E-state index contributed by atoms with van der Waals surface area (Å²) in [6, 6.07) is 27.8. The summed E-state index contributed by atoms with van der Waals surface area (Å²) in [7, 11) is 0. The SMILES string of the molecule is Cc1ccc2nc(N3C(=O)C(=O)/C(=C(/O)c4ccc(OCc5ccccc5)c(C)c4)C3c3ccc(C(C)(C)C)cc3)[nH]c2c1. The molecular formula is C37H35N3O4. The molecule has 1 unspecified atom stereocenters. The molecule has 2 N–H and O–H groups in total. The molecule has 1 aromatic heterocycles. The van der Waals surface area contributed by atoms with E-state index in [1.54, 1.807) is 18.2 Å². The Morgan fingerprint density at radius 3 is 2.34 bits per heavy atom. The molecule has 1 amide bonds. The lowest BCUT2D eigenvalue weighted by Gasteiger charge is -2.25. The summed E-state index contributed by atoms with van der Waals surface area (Å²) in [6.07, 6.45) is 0. The predicted octanol–water partition coefficient (Wildman–Crippen LogP) is 7.68. The smallest absolute Gasteiger partial charge is 0.302 e. The first-order chi connectivity index (χ1) is 21.0. The van der Waals surface area contributed by atoms with Gasteiger partial charge in [0.25, 0.3) is 5.78 Å². The van der Waals surface area contributed by atoms with E-state index in [-0.39, 0.29) is 22.7 Å². The van der Waals surface area contributed by atoms with Crippen molar-refractivity contribution < 1.29 is 19.4 Å². The molecule has 0 radical (unpaired) electrons. The number of carbonyl (C=O) groups excluding carboxylic acids is 2. The number of ketones is 1. The van der Waals surface area contributed by atoms with Crippen LogP contribution in [0.15, 0.2) is 96.6 Å². The van der Waals surface area contributed by atoms with Gasteiger partial charge >= 0.3 is 5.91 Å². The zero-order valence-corrected chi connectivity index (χ0v) is 25.5. The van der Waals surface area contributed by atoms with Crippen molar-refractivity contribution in [1.82, 2.24) is 9.97 Å². The highest BCUT2D eigenvalue weighted by Crippen LogP contribution is 2.42. The Kier molecular flexibility index (Phi) is 7.33. The summed E-state index contributed by atoms with van der Waals surface area (Å²) in [5.74, 6) is -0.867. The Labute approximate surface area is 256 Å². The zero-order chi connectivity index (χ0) is 31.2. The lowest BCUT2D eigenvalue weighted by molar-refractivity contribution is -0.132. The summed E-state index contributed by atoms with van der Waals surface area (Å²) >= 11 is 0. The van der Waals surface area contributed by atoms with Gasteiger partial charge in [-0.25, -0.2) is 4.98 Å². The monoisotopic (exact) mass is 585 g/mol. The van der Waals surface area contributed by atoms with Crippen molar-refractivity contribution in [3.8, 4) is 5.75 Å². The van der Waals surface area contributed by atoms with Crippen molar-refractivity contribution in [1.29, 1.82) is 0 Å². The van der Waals surface area contributed by atoms with Crippen LogP contribution in [0.25, 0.3) is 16.8 Å². The van der Waals surface area contributed by atoms with Gasteiger partial charge in [-0.15, -0.1) is 0 Å². The number of aryl methyl sites for hydroxylation is 2. The molecule has 222 valence electrons. The van der Waals surface area contributed by atoms with Crippen molar-refractivity contribution in [2.75, 3.05) is 4.90 Å². The number of benzene rings is 4. The third-order valence-electron chi connectivity index (χ3n) is 8.08. The summed E-state index contributed by atoms with van der Waals surface area (Å²) < 4.78 is 6.02. The zero-order valence-electron chi connectivity index (χ0n) is 25.5. The number of anilines is 1. The van der Waals surface area contributed by atoms with Crippen molar-refractivity contribution in [2.45, 2.75) is 52.7 Å². The average Bonchev–Trinajstić information content (AvgIpc) is 3.53. The van der Waals surface area contributed by atoms with Crippen molar-refractivity contribution in [2.24, 2.45) is 0 Å². The topological polar surface area (TPSA) is 95.5 Å². The molecule has 2 heterocycles. The van der Waals surface area contributed by atoms with E-state index in [1.807, 2.05) is 86.6 Å². The largest absolute Gasteiger partial charge is 0.507 e. The molecule has 1 fully saturated rings. The van der Waals surface area contributed by atoms with Crippen molar-refractivity contribution in [3.05, 3.63) is 130 Å². The summed E-state index contributed by atoms with van der Waals surface area (Å²) in [4.78, 5) is 36.7. The van der Waals surface area contributed by atoms with Crippen LogP contribution in [0.2, 0.25) is 0 Å². The number of fused-ring (bicyclic) bond motifs is 1. The van der Waals surface area contributed by atoms with E-state index in [9.17, 15) is 14.7 Å². The number of aliphatic hydroxyl groups excluding tert-OH is 1. The minimum atomic E-state index is -0.889. The van der Waals surface area contributed by atoms with Gasteiger partial charge in [-0.05, 0) is 77.4 Å². The maximum absolute atomic E-state index is 13.7. The average molecular weight is 586 g/mol. The number of amides is 1. The molecule has 1 atom stereocenters. The van der Waals surface area contributed by atoms with E-state index >= 15 is 0 Å². The molecule has 5 aromatic rings. The van der Waals surface area contributed by atoms with Crippen LogP contribution in [0.4, 0.5) is 5.95 Å². The fraction of sp³-hybridized carbons (Fsp3) is 0.216. The maximum atomic E-state index is 13.7. The fourth-order valence-corrected chi connectivity index (χ4v) is 5.61. The van der Waals surface area contributed by atoms with Crippen LogP contribution in [-0.2, 0) is 21.6 Å². The Balaban J connectivity index is 1.43. The molecule has 1 aliphatic rings. The molecule has 0 spiro atoms. The molecule has 44 heavy (non-hydrogen) atoms. The number of imidazole rings is 1. The number of H-pyrrole nitrogens is 1. The number of hydrogen-bond donors (Lipinski definition) is 2. The van der Waals surface area contributed by atoms with Crippen LogP contribution in [0.3, 0.4) is 0 Å². The summed E-state index contributed by atoms with van der Waals surface area (Å²) in [6.45, 7) is 10.6. The molecular weight excluding hydrogens is 550 g/mol. The first-order valence-corrected chi connectivity index (χ1v) is 14.7. The number of carbonyl (C=O) groups is 2. The number of aliphatic hydroxyl groups is 1. The maximum Gasteiger partial charge on any atom is 0.302 e. The number of rotatable bonds is 6. The molecule has 7 nitrogen and oxygen atoms in total. The molecule has 1 aliphatic heterocycles. The van der Waals surface area contributed by atoms with Gasteiger partial charge < -0.3 is 14.8 Å². The number of nitrogens with one attached hydrogen (secondary N) is 1. The number of hydrogen-bond acceptors (Lipinski definition) is 5. The van der Waals surface area contributed by atoms with Gasteiger partial charge in [0.1, 0.15) is 18.1 Å². The van der Waals surface area contributed by atoms with Gasteiger partial charge in [-0.3, -0.25) is 14.5 Å². The lowest BCUT2D eigenvalue weighted by Crippen LogP contribution is -2.30. The number of aromatic amines is 1. The van der Waals surface area contributed by atoms with Gasteiger partial charge in [0.15, 0.2) is 0 Å². The Morgan fingerprint density at radius 2 is 1.66 bits per heavy atom. The highest BCUT2D eigenvalue weighted by Gasteiger charge is 2.48. The molecule has 6 rings (SSSR count). The van der Waals surface area contributed by atoms with Crippen LogP contribution in [0, 0.1) is 13.8 Å². The second-order valence-corrected chi connectivity index (χ2v) is 12.4. The Hall–Kier alpha value is -5.17. The number of aromatic nitrogens is 2. The Morgan fingerprint density at radius 1 is 0.932 bits per heavy atom. The van der Waals surface area contributed by atoms with E-state index < -0.39 is 17.7 Å². The van der Waals surface area contributed by atoms with Crippen LogP contribution in [-0.4, -0.2) is 26.8 Å². The van der Waals surface area contributed by atoms with Crippen LogP contribution >= 0.6 is 0 Å². The molecule has 0 aliphatic carbocycles. The van der Waals surface area contributed by atoms with Gasteiger partial charge in [0.2, 0.25) is 5.95 Å².